The van der Waals surface area contributed by atoms with Gasteiger partial charge in [-0.1, -0.05) is 6.07 Å². The largest absolute Gasteiger partial charge is 0.293 e. The summed E-state index contributed by atoms with van der Waals surface area (Å²) in [6.07, 6.45) is 0.477. The summed E-state index contributed by atoms with van der Waals surface area (Å²) in [7, 11) is 0. The van der Waals surface area contributed by atoms with E-state index in [0.29, 0.717) is 18.1 Å². The molecule has 21 heavy (non-hydrogen) atoms. The molecule has 2 aromatic carbocycles. The molecule has 0 saturated heterocycles. The van der Waals surface area contributed by atoms with Gasteiger partial charge in [-0.3, -0.25) is 4.57 Å². The fourth-order valence-corrected chi connectivity index (χ4v) is 2.59. The van der Waals surface area contributed by atoms with Crippen LogP contribution in [0.2, 0.25) is 0 Å². The van der Waals surface area contributed by atoms with E-state index in [4.69, 9.17) is 11.6 Å². The molecule has 0 aliphatic rings. The average molecular weight is 307 g/mol. The van der Waals surface area contributed by atoms with Crippen molar-refractivity contribution in [2.75, 3.05) is 5.88 Å². The van der Waals surface area contributed by atoms with Gasteiger partial charge in [0.2, 0.25) is 0 Å². The molecule has 5 heteroatoms. The van der Waals surface area contributed by atoms with Gasteiger partial charge in [-0.15, -0.1) is 11.6 Å². The maximum absolute atomic E-state index is 14.1. The maximum Gasteiger partial charge on any atom is 0.147 e. The highest BCUT2D eigenvalue weighted by atomic mass is 35.5. The summed E-state index contributed by atoms with van der Waals surface area (Å²) in [6.45, 7) is 1.96. The lowest BCUT2D eigenvalue weighted by Gasteiger charge is -2.10. The first-order valence-corrected chi connectivity index (χ1v) is 7.13. The Bertz CT molecular complexity index is 811. The van der Waals surface area contributed by atoms with Crippen molar-refractivity contribution >= 4 is 22.6 Å². The van der Waals surface area contributed by atoms with Crippen LogP contribution in [-0.4, -0.2) is 15.4 Å². The van der Waals surface area contributed by atoms with E-state index in [-0.39, 0.29) is 5.69 Å². The van der Waals surface area contributed by atoms with E-state index in [1.54, 1.807) is 4.57 Å². The SMILES string of the molecule is Cc1ccc2c(c1)nc(CCCl)n2-c1cc(F)ccc1F. The van der Waals surface area contributed by atoms with E-state index < -0.39 is 11.6 Å². The normalized spacial score (nSPS) is 11.2. The average Bonchev–Trinajstić information content (AvgIpc) is 2.79. The highest BCUT2D eigenvalue weighted by molar-refractivity contribution is 6.17. The smallest absolute Gasteiger partial charge is 0.147 e. The zero-order valence-electron chi connectivity index (χ0n) is 11.4. The van der Waals surface area contributed by atoms with Crippen LogP contribution < -0.4 is 0 Å². The highest BCUT2D eigenvalue weighted by Crippen LogP contribution is 2.25. The molecule has 108 valence electrons. The lowest BCUT2D eigenvalue weighted by molar-refractivity contribution is 0.592. The Morgan fingerprint density at radius 2 is 1.95 bits per heavy atom. The molecule has 0 radical (unpaired) electrons. The molecule has 1 heterocycles. The lowest BCUT2D eigenvalue weighted by Crippen LogP contribution is -2.05. The molecule has 0 spiro atoms. The van der Waals surface area contributed by atoms with Crippen molar-refractivity contribution in [1.82, 2.24) is 9.55 Å². The van der Waals surface area contributed by atoms with Crippen LogP contribution in [0, 0.1) is 18.6 Å². The number of nitrogens with zero attached hydrogens (tertiary/aromatic N) is 2. The van der Waals surface area contributed by atoms with E-state index in [9.17, 15) is 8.78 Å². The first-order valence-electron chi connectivity index (χ1n) is 6.59. The Morgan fingerprint density at radius 1 is 1.14 bits per heavy atom. The predicted octanol–water partition coefficient (Wildman–Crippen LogP) is 4.39. The molecule has 3 aromatic rings. The molecular weight excluding hydrogens is 294 g/mol. The monoisotopic (exact) mass is 306 g/mol. The fourth-order valence-electron chi connectivity index (χ4n) is 2.42. The zero-order chi connectivity index (χ0) is 15.0. The van der Waals surface area contributed by atoms with Crippen molar-refractivity contribution in [3.63, 3.8) is 0 Å². The molecular formula is C16H13ClF2N2. The number of benzene rings is 2. The Hall–Kier alpha value is -1.94. The van der Waals surface area contributed by atoms with E-state index in [1.807, 2.05) is 25.1 Å². The summed E-state index contributed by atoms with van der Waals surface area (Å²) in [5.41, 5.74) is 2.70. The van der Waals surface area contributed by atoms with Crippen LogP contribution in [-0.2, 0) is 6.42 Å². The van der Waals surface area contributed by atoms with Gasteiger partial charge in [0.1, 0.15) is 17.5 Å². The fraction of sp³-hybridized carbons (Fsp3) is 0.188. The number of imidazole rings is 1. The molecule has 0 fully saturated rings. The standard InChI is InChI=1S/C16H13ClF2N2/c1-10-2-5-14-13(8-10)20-16(6-7-17)21(14)15-9-11(18)3-4-12(15)19/h2-5,8-9H,6-7H2,1H3. The van der Waals surface area contributed by atoms with Crippen LogP contribution in [0.4, 0.5) is 8.78 Å². The van der Waals surface area contributed by atoms with Crippen molar-refractivity contribution in [3.05, 3.63) is 59.4 Å². The third-order valence-electron chi connectivity index (χ3n) is 3.35. The number of alkyl halides is 1. The third-order valence-corrected chi connectivity index (χ3v) is 3.54. The summed E-state index contributed by atoms with van der Waals surface area (Å²) < 4.78 is 29.2. The molecule has 2 nitrogen and oxygen atoms in total. The minimum Gasteiger partial charge on any atom is -0.293 e. The minimum atomic E-state index is -0.493. The lowest BCUT2D eigenvalue weighted by atomic mass is 10.2. The molecule has 0 saturated carbocycles. The summed E-state index contributed by atoms with van der Waals surface area (Å²) in [5, 5.41) is 0. The summed E-state index contributed by atoms with van der Waals surface area (Å²) in [6, 6.07) is 9.09. The molecule has 0 amide bonds. The zero-order valence-corrected chi connectivity index (χ0v) is 12.2. The number of aryl methyl sites for hydroxylation is 2. The summed E-state index contributed by atoms with van der Waals surface area (Å²) in [5.74, 6) is -0.00133. The highest BCUT2D eigenvalue weighted by Gasteiger charge is 2.15. The van der Waals surface area contributed by atoms with E-state index in [0.717, 1.165) is 28.7 Å². The van der Waals surface area contributed by atoms with Crippen molar-refractivity contribution in [2.24, 2.45) is 0 Å². The van der Waals surface area contributed by atoms with Gasteiger partial charge in [-0.05, 0) is 36.8 Å². The number of hydrogen-bond acceptors (Lipinski definition) is 1. The molecule has 0 N–H and O–H groups in total. The van der Waals surface area contributed by atoms with Crippen molar-refractivity contribution in [1.29, 1.82) is 0 Å². The quantitative estimate of drug-likeness (QED) is 0.656. The summed E-state index contributed by atoms with van der Waals surface area (Å²) >= 11 is 5.80. The topological polar surface area (TPSA) is 17.8 Å². The van der Waals surface area contributed by atoms with Gasteiger partial charge in [0.15, 0.2) is 0 Å². The number of aromatic nitrogens is 2. The molecule has 0 unspecified atom stereocenters. The van der Waals surface area contributed by atoms with Crippen LogP contribution in [0.1, 0.15) is 11.4 Å². The number of hydrogen-bond donors (Lipinski definition) is 0. The number of rotatable bonds is 3. The van der Waals surface area contributed by atoms with Gasteiger partial charge >= 0.3 is 0 Å². The van der Waals surface area contributed by atoms with Crippen molar-refractivity contribution in [2.45, 2.75) is 13.3 Å². The van der Waals surface area contributed by atoms with Crippen LogP contribution in [0.5, 0.6) is 0 Å². The van der Waals surface area contributed by atoms with Gasteiger partial charge in [-0.25, -0.2) is 13.8 Å². The van der Waals surface area contributed by atoms with Crippen LogP contribution in [0.25, 0.3) is 16.7 Å². The minimum absolute atomic E-state index is 0.154. The number of fused-ring (bicyclic) bond motifs is 1. The first-order chi connectivity index (χ1) is 10.1. The van der Waals surface area contributed by atoms with Gasteiger partial charge in [0.05, 0.1) is 16.7 Å². The molecule has 0 atom stereocenters. The van der Waals surface area contributed by atoms with Gasteiger partial charge < -0.3 is 0 Å². The van der Waals surface area contributed by atoms with E-state index in [2.05, 4.69) is 4.98 Å². The second kappa shape index (κ2) is 5.45. The van der Waals surface area contributed by atoms with Crippen LogP contribution >= 0.6 is 11.6 Å². The Labute approximate surface area is 126 Å². The molecule has 0 bridgehead atoms. The Kier molecular flexibility index (Phi) is 3.64. The van der Waals surface area contributed by atoms with E-state index >= 15 is 0 Å². The van der Waals surface area contributed by atoms with Gasteiger partial charge in [0.25, 0.3) is 0 Å². The first kappa shape index (κ1) is 14.0. The third kappa shape index (κ3) is 2.51. The Balaban J connectivity index is 2.33. The number of halogens is 3. The molecule has 3 rings (SSSR count). The van der Waals surface area contributed by atoms with Crippen molar-refractivity contribution < 1.29 is 8.78 Å². The molecule has 0 aliphatic carbocycles. The molecule has 0 aliphatic heterocycles. The van der Waals surface area contributed by atoms with E-state index in [1.165, 1.54) is 6.07 Å². The molecule has 1 aromatic heterocycles. The maximum atomic E-state index is 14.1. The van der Waals surface area contributed by atoms with Gasteiger partial charge in [0, 0.05) is 18.4 Å². The second-order valence-electron chi connectivity index (χ2n) is 4.89. The van der Waals surface area contributed by atoms with Crippen LogP contribution in [0.3, 0.4) is 0 Å². The van der Waals surface area contributed by atoms with Crippen molar-refractivity contribution in [3.8, 4) is 5.69 Å². The second-order valence-corrected chi connectivity index (χ2v) is 5.27. The van der Waals surface area contributed by atoms with Gasteiger partial charge in [-0.2, -0.15) is 0 Å². The Morgan fingerprint density at radius 3 is 2.71 bits per heavy atom. The predicted molar refractivity (Wildman–Crippen MR) is 80.1 cm³/mol. The summed E-state index contributed by atoms with van der Waals surface area (Å²) in [4.78, 5) is 4.50. The van der Waals surface area contributed by atoms with Crippen LogP contribution in [0.15, 0.2) is 36.4 Å².